The molecule has 2 aromatic rings. The molecule has 0 radical (unpaired) electrons. The number of hydrogen-bond donors (Lipinski definition) is 1. The topological polar surface area (TPSA) is 83.6 Å². The molecule has 0 aliphatic heterocycles. The van der Waals surface area contributed by atoms with Gasteiger partial charge in [-0.05, 0) is 6.92 Å². The van der Waals surface area contributed by atoms with Crippen LogP contribution in [0.15, 0.2) is 34.9 Å². The van der Waals surface area contributed by atoms with Crippen molar-refractivity contribution >= 4 is 11.9 Å². The highest BCUT2D eigenvalue weighted by Gasteiger charge is 2.18. The fourth-order valence-electron chi connectivity index (χ4n) is 2.27. The van der Waals surface area contributed by atoms with Crippen LogP contribution in [0.4, 0.5) is 0 Å². The lowest BCUT2D eigenvalue weighted by Gasteiger charge is -2.19. The molecule has 6 nitrogen and oxygen atoms in total. The fourth-order valence-corrected chi connectivity index (χ4v) is 2.27. The average molecular weight is 330 g/mol. The monoisotopic (exact) mass is 330 g/mol. The normalized spacial score (nSPS) is 12.0. The molecule has 1 aromatic heterocycles. The molecular weight excluding hydrogens is 308 g/mol. The standard InChI is InChI=1S/C18H22N2O4/c1-12-4-6-14(7-5-12)15-10-19-16(24-15)8-9-17(21)20(3)11-13(2)18(22)23/h4-7,10,13H,8-9,11H2,1-3H3,(H,22,23). The Morgan fingerprint density at radius 2 is 1.96 bits per heavy atom. The lowest BCUT2D eigenvalue weighted by atomic mass is 10.1. The van der Waals surface area contributed by atoms with Crippen molar-refractivity contribution in [3.63, 3.8) is 0 Å². The maximum absolute atomic E-state index is 12.1. The Morgan fingerprint density at radius 3 is 2.58 bits per heavy atom. The maximum atomic E-state index is 12.1. The summed E-state index contributed by atoms with van der Waals surface area (Å²) >= 11 is 0. The Bertz CT molecular complexity index is 706. The van der Waals surface area contributed by atoms with E-state index in [9.17, 15) is 9.59 Å². The van der Waals surface area contributed by atoms with Crippen molar-refractivity contribution in [2.75, 3.05) is 13.6 Å². The number of oxazole rings is 1. The van der Waals surface area contributed by atoms with Crippen molar-refractivity contribution in [1.29, 1.82) is 0 Å². The summed E-state index contributed by atoms with van der Waals surface area (Å²) in [5.74, 6) is -0.457. The predicted octanol–water partition coefficient (Wildman–Crippen LogP) is 2.76. The second kappa shape index (κ2) is 7.77. The minimum atomic E-state index is -0.912. The number of benzene rings is 1. The summed E-state index contributed by atoms with van der Waals surface area (Å²) in [6.45, 7) is 3.78. The van der Waals surface area contributed by atoms with Gasteiger partial charge in [0, 0.05) is 32.0 Å². The molecule has 0 aliphatic rings. The van der Waals surface area contributed by atoms with Gasteiger partial charge < -0.3 is 14.4 Å². The molecule has 1 heterocycles. The van der Waals surface area contributed by atoms with Crippen LogP contribution < -0.4 is 0 Å². The van der Waals surface area contributed by atoms with Gasteiger partial charge in [-0.3, -0.25) is 9.59 Å². The van der Waals surface area contributed by atoms with Crippen molar-refractivity contribution in [2.45, 2.75) is 26.7 Å². The number of carbonyl (C=O) groups excluding carboxylic acids is 1. The number of aryl methyl sites for hydroxylation is 2. The molecule has 1 atom stereocenters. The van der Waals surface area contributed by atoms with Gasteiger partial charge in [0.25, 0.3) is 0 Å². The van der Waals surface area contributed by atoms with Gasteiger partial charge in [0.15, 0.2) is 11.7 Å². The number of aliphatic carboxylic acids is 1. The maximum Gasteiger partial charge on any atom is 0.308 e. The molecule has 24 heavy (non-hydrogen) atoms. The first kappa shape index (κ1) is 17.7. The van der Waals surface area contributed by atoms with Crippen LogP contribution in [0.3, 0.4) is 0 Å². The van der Waals surface area contributed by atoms with Crippen LogP contribution in [-0.2, 0) is 16.0 Å². The zero-order chi connectivity index (χ0) is 17.7. The molecule has 0 spiro atoms. The van der Waals surface area contributed by atoms with E-state index in [1.54, 1.807) is 20.2 Å². The Hall–Kier alpha value is -2.63. The van der Waals surface area contributed by atoms with Gasteiger partial charge in [0.2, 0.25) is 5.91 Å². The van der Waals surface area contributed by atoms with E-state index in [0.717, 1.165) is 5.56 Å². The van der Waals surface area contributed by atoms with Crippen LogP contribution in [0.2, 0.25) is 0 Å². The Kier molecular flexibility index (Phi) is 5.73. The predicted molar refractivity (Wildman–Crippen MR) is 89.4 cm³/mol. The second-order valence-electron chi connectivity index (χ2n) is 6.00. The Labute approximate surface area is 141 Å². The minimum absolute atomic E-state index is 0.127. The minimum Gasteiger partial charge on any atom is -0.481 e. The fraction of sp³-hybridized carbons (Fsp3) is 0.389. The number of nitrogens with zero attached hydrogens (tertiary/aromatic N) is 2. The molecule has 6 heteroatoms. The zero-order valence-electron chi connectivity index (χ0n) is 14.2. The summed E-state index contributed by atoms with van der Waals surface area (Å²) in [7, 11) is 1.61. The van der Waals surface area contributed by atoms with Crippen molar-refractivity contribution in [3.8, 4) is 11.3 Å². The van der Waals surface area contributed by atoms with Gasteiger partial charge >= 0.3 is 5.97 Å². The molecule has 1 unspecified atom stereocenters. The van der Waals surface area contributed by atoms with E-state index in [0.29, 0.717) is 18.1 Å². The van der Waals surface area contributed by atoms with E-state index >= 15 is 0 Å². The number of carbonyl (C=O) groups is 2. The van der Waals surface area contributed by atoms with Crippen molar-refractivity contribution in [1.82, 2.24) is 9.88 Å². The van der Waals surface area contributed by atoms with E-state index in [2.05, 4.69) is 4.98 Å². The summed E-state index contributed by atoms with van der Waals surface area (Å²) in [6, 6.07) is 7.93. The quantitative estimate of drug-likeness (QED) is 0.844. The van der Waals surface area contributed by atoms with Gasteiger partial charge in [-0.15, -0.1) is 0 Å². The van der Waals surface area contributed by atoms with Gasteiger partial charge in [0.1, 0.15) is 0 Å². The number of carboxylic acid groups (broad SMARTS) is 1. The summed E-state index contributed by atoms with van der Waals surface area (Å²) in [4.78, 5) is 28.5. The molecule has 1 amide bonds. The molecule has 1 N–H and O–H groups in total. The third-order valence-corrected chi connectivity index (χ3v) is 3.84. The van der Waals surface area contributed by atoms with E-state index in [4.69, 9.17) is 9.52 Å². The summed E-state index contributed by atoms with van der Waals surface area (Å²) in [5, 5.41) is 8.89. The van der Waals surface area contributed by atoms with Gasteiger partial charge in [-0.2, -0.15) is 0 Å². The third-order valence-electron chi connectivity index (χ3n) is 3.84. The zero-order valence-corrected chi connectivity index (χ0v) is 14.2. The number of hydrogen-bond acceptors (Lipinski definition) is 4. The van der Waals surface area contributed by atoms with Crippen LogP contribution in [0.25, 0.3) is 11.3 Å². The van der Waals surface area contributed by atoms with Crippen LogP contribution >= 0.6 is 0 Å². The number of carboxylic acids is 1. The Balaban J connectivity index is 1.89. The smallest absolute Gasteiger partial charge is 0.308 e. The van der Waals surface area contributed by atoms with E-state index < -0.39 is 11.9 Å². The van der Waals surface area contributed by atoms with Crippen molar-refractivity contribution < 1.29 is 19.1 Å². The molecule has 128 valence electrons. The summed E-state index contributed by atoms with van der Waals surface area (Å²) < 4.78 is 5.68. The molecule has 2 rings (SSSR count). The highest BCUT2D eigenvalue weighted by Crippen LogP contribution is 2.21. The average Bonchev–Trinajstić information content (AvgIpc) is 3.02. The van der Waals surface area contributed by atoms with Crippen LogP contribution in [0.1, 0.15) is 24.8 Å². The summed E-state index contributed by atoms with van der Waals surface area (Å²) in [6.07, 6.45) is 2.27. The molecule has 0 saturated carbocycles. The summed E-state index contributed by atoms with van der Waals surface area (Å²) in [5.41, 5.74) is 2.11. The van der Waals surface area contributed by atoms with E-state index in [-0.39, 0.29) is 18.9 Å². The number of aromatic nitrogens is 1. The molecule has 0 aliphatic carbocycles. The van der Waals surface area contributed by atoms with E-state index in [1.165, 1.54) is 10.5 Å². The molecular formula is C18H22N2O4. The van der Waals surface area contributed by atoms with Gasteiger partial charge in [-0.1, -0.05) is 36.8 Å². The first-order valence-corrected chi connectivity index (χ1v) is 7.85. The number of rotatable bonds is 7. The lowest BCUT2D eigenvalue weighted by Crippen LogP contribution is -2.33. The van der Waals surface area contributed by atoms with Crippen molar-refractivity contribution in [3.05, 3.63) is 41.9 Å². The molecule has 0 saturated heterocycles. The van der Waals surface area contributed by atoms with Gasteiger partial charge in [-0.25, -0.2) is 4.98 Å². The van der Waals surface area contributed by atoms with Crippen LogP contribution in [0.5, 0.6) is 0 Å². The third kappa shape index (κ3) is 4.68. The van der Waals surface area contributed by atoms with E-state index in [1.807, 2.05) is 31.2 Å². The largest absolute Gasteiger partial charge is 0.481 e. The lowest BCUT2D eigenvalue weighted by molar-refractivity contribution is -0.142. The highest BCUT2D eigenvalue weighted by atomic mass is 16.4. The second-order valence-corrected chi connectivity index (χ2v) is 6.00. The highest BCUT2D eigenvalue weighted by molar-refractivity contribution is 5.77. The van der Waals surface area contributed by atoms with Gasteiger partial charge in [0.05, 0.1) is 12.1 Å². The van der Waals surface area contributed by atoms with Crippen LogP contribution in [-0.4, -0.2) is 40.5 Å². The van der Waals surface area contributed by atoms with Crippen LogP contribution in [0, 0.1) is 12.8 Å². The first-order valence-electron chi connectivity index (χ1n) is 7.85. The first-order chi connectivity index (χ1) is 11.4. The molecule has 1 aromatic carbocycles. The Morgan fingerprint density at radius 1 is 1.29 bits per heavy atom. The molecule has 0 fully saturated rings. The molecule has 0 bridgehead atoms. The van der Waals surface area contributed by atoms with Crippen molar-refractivity contribution in [2.24, 2.45) is 5.92 Å². The number of amides is 1. The SMILES string of the molecule is Cc1ccc(-c2cnc(CCC(=O)N(C)CC(C)C(=O)O)o2)cc1.